The largest absolute Gasteiger partial charge is 0.492 e. The van der Waals surface area contributed by atoms with Gasteiger partial charge in [-0.3, -0.25) is 0 Å². The molecule has 5 nitrogen and oxygen atoms in total. The first-order valence-corrected chi connectivity index (χ1v) is 7.32. The summed E-state index contributed by atoms with van der Waals surface area (Å²) in [5.74, 6) is 1.27. The minimum atomic E-state index is 0.0311. The molecule has 5 heteroatoms. The van der Waals surface area contributed by atoms with Crippen LogP contribution in [0.25, 0.3) is 11.8 Å². The molecule has 0 unspecified atom stereocenters. The lowest BCUT2D eigenvalue weighted by molar-refractivity contribution is 0.321. The van der Waals surface area contributed by atoms with E-state index >= 15 is 0 Å². The van der Waals surface area contributed by atoms with Crippen LogP contribution < -0.4 is 9.47 Å². The summed E-state index contributed by atoms with van der Waals surface area (Å²) in [6.45, 7) is 4.79. The third-order valence-electron chi connectivity index (χ3n) is 3.08. The Kier molecular flexibility index (Phi) is 5.44. The molecule has 0 fully saturated rings. The molecule has 0 aliphatic rings. The van der Waals surface area contributed by atoms with Crippen LogP contribution >= 0.6 is 0 Å². The summed E-state index contributed by atoms with van der Waals surface area (Å²) in [5.41, 5.74) is 1.51. The van der Waals surface area contributed by atoms with Crippen molar-refractivity contribution in [3.05, 3.63) is 47.8 Å². The van der Waals surface area contributed by atoms with Crippen LogP contribution in [-0.4, -0.2) is 17.8 Å². The van der Waals surface area contributed by atoms with E-state index in [1.807, 2.05) is 55.1 Å². The number of hydrogen-bond donors (Lipinski definition) is 0. The standard InChI is InChI=1S/C18H17N3O2/c1-3-22-16-10-14(9-15(12-19)13-20)11-17(23-4-2)18(16)21-7-5-6-8-21/h5-11H,3-4H2,1-2H3. The minimum Gasteiger partial charge on any atom is -0.492 e. The molecule has 1 heterocycles. The van der Waals surface area contributed by atoms with Crippen LogP contribution in [-0.2, 0) is 0 Å². The lowest BCUT2D eigenvalue weighted by Crippen LogP contribution is -2.04. The van der Waals surface area contributed by atoms with Gasteiger partial charge in [-0.25, -0.2) is 0 Å². The Morgan fingerprint density at radius 3 is 2.00 bits per heavy atom. The van der Waals surface area contributed by atoms with Crippen molar-refractivity contribution in [3.8, 4) is 29.3 Å². The zero-order valence-corrected chi connectivity index (χ0v) is 13.1. The smallest absolute Gasteiger partial charge is 0.147 e. The molecule has 1 aromatic carbocycles. The van der Waals surface area contributed by atoms with E-state index < -0.39 is 0 Å². The quantitative estimate of drug-likeness (QED) is 0.763. The first kappa shape index (κ1) is 16.2. The molecule has 0 spiro atoms. The number of aromatic nitrogens is 1. The summed E-state index contributed by atoms with van der Waals surface area (Å²) >= 11 is 0. The fraction of sp³-hybridized carbons (Fsp3) is 0.222. The SMILES string of the molecule is CCOc1cc(C=C(C#N)C#N)cc(OCC)c1-n1cccc1. The van der Waals surface area contributed by atoms with Gasteiger partial charge in [-0.1, -0.05) is 0 Å². The fourth-order valence-electron chi connectivity index (χ4n) is 2.21. The molecular weight excluding hydrogens is 290 g/mol. The second-order valence-electron chi connectivity index (χ2n) is 4.60. The molecule has 2 aromatic rings. The molecular formula is C18H17N3O2. The van der Waals surface area contributed by atoms with Gasteiger partial charge in [0.1, 0.15) is 34.9 Å². The second kappa shape index (κ2) is 7.72. The maximum absolute atomic E-state index is 8.93. The lowest BCUT2D eigenvalue weighted by Gasteiger charge is -2.17. The highest BCUT2D eigenvalue weighted by Gasteiger charge is 2.14. The summed E-state index contributed by atoms with van der Waals surface area (Å²) < 4.78 is 13.4. The van der Waals surface area contributed by atoms with Crippen LogP contribution in [0.15, 0.2) is 42.2 Å². The van der Waals surface area contributed by atoms with E-state index in [1.54, 1.807) is 12.1 Å². The highest BCUT2D eigenvalue weighted by atomic mass is 16.5. The van der Waals surface area contributed by atoms with Crippen LogP contribution in [0.5, 0.6) is 11.5 Å². The van der Waals surface area contributed by atoms with E-state index in [4.69, 9.17) is 20.0 Å². The Balaban J connectivity index is 2.65. The highest BCUT2D eigenvalue weighted by molar-refractivity contribution is 5.69. The number of allylic oxidation sites excluding steroid dienone is 1. The van der Waals surface area contributed by atoms with Gasteiger partial charge < -0.3 is 14.0 Å². The monoisotopic (exact) mass is 307 g/mol. The normalized spacial score (nSPS) is 9.57. The predicted molar refractivity (Wildman–Crippen MR) is 87.3 cm³/mol. The molecule has 1 aromatic heterocycles. The van der Waals surface area contributed by atoms with Gasteiger partial charge in [-0.15, -0.1) is 0 Å². The van der Waals surface area contributed by atoms with Crippen molar-refractivity contribution in [2.75, 3.05) is 13.2 Å². The van der Waals surface area contributed by atoms with Crippen LogP contribution in [0.4, 0.5) is 0 Å². The number of nitrogens with zero attached hydrogens (tertiary/aromatic N) is 3. The highest BCUT2D eigenvalue weighted by Crippen LogP contribution is 2.35. The van der Waals surface area contributed by atoms with Crippen LogP contribution in [0.2, 0.25) is 0 Å². The van der Waals surface area contributed by atoms with Gasteiger partial charge in [0.2, 0.25) is 0 Å². The molecule has 0 N–H and O–H groups in total. The average Bonchev–Trinajstić information content (AvgIpc) is 3.07. The Labute approximate surface area is 135 Å². The molecule has 0 atom stereocenters. The fourth-order valence-corrected chi connectivity index (χ4v) is 2.21. The molecule has 23 heavy (non-hydrogen) atoms. The Bertz CT molecular complexity index is 735. The third-order valence-corrected chi connectivity index (χ3v) is 3.08. The summed E-state index contributed by atoms with van der Waals surface area (Å²) in [6, 6.07) is 11.2. The number of hydrogen-bond acceptors (Lipinski definition) is 4. The Morgan fingerprint density at radius 2 is 1.57 bits per heavy atom. The number of ether oxygens (including phenoxy) is 2. The van der Waals surface area contributed by atoms with E-state index in [1.165, 1.54) is 6.08 Å². The summed E-state index contributed by atoms with van der Waals surface area (Å²) in [7, 11) is 0. The Hall–Kier alpha value is -3.18. The van der Waals surface area contributed by atoms with E-state index in [2.05, 4.69) is 0 Å². The van der Waals surface area contributed by atoms with Crippen LogP contribution in [0.1, 0.15) is 19.4 Å². The maximum atomic E-state index is 8.93. The first-order valence-electron chi connectivity index (χ1n) is 7.32. The van der Waals surface area contributed by atoms with Crippen molar-refractivity contribution in [3.63, 3.8) is 0 Å². The molecule has 0 bridgehead atoms. The molecule has 0 amide bonds. The van der Waals surface area contributed by atoms with E-state index in [0.29, 0.717) is 30.3 Å². The maximum Gasteiger partial charge on any atom is 0.147 e. The molecule has 0 saturated carbocycles. The zero-order valence-electron chi connectivity index (χ0n) is 13.1. The molecule has 116 valence electrons. The topological polar surface area (TPSA) is 71.0 Å². The zero-order chi connectivity index (χ0) is 16.7. The minimum absolute atomic E-state index is 0.0311. The number of nitriles is 2. The predicted octanol–water partition coefficient (Wildman–Crippen LogP) is 3.71. The molecule has 0 saturated heterocycles. The van der Waals surface area contributed by atoms with Crippen molar-refractivity contribution in [1.82, 2.24) is 4.57 Å². The van der Waals surface area contributed by atoms with Crippen molar-refractivity contribution in [2.45, 2.75) is 13.8 Å². The van der Waals surface area contributed by atoms with Crippen molar-refractivity contribution in [1.29, 1.82) is 10.5 Å². The number of rotatable bonds is 6. The van der Waals surface area contributed by atoms with Gasteiger partial charge >= 0.3 is 0 Å². The van der Waals surface area contributed by atoms with E-state index in [9.17, 15) is 0 Å². The summed E-state index contributed by atoms with van der Waals surface area (Å²) in [4.78, 5) is 0. The molecule has 0 aliphatic carbocycles. The molecule has 0 radical (unpaired) electrons. The van der Waals surface area contributed by atoms with Gasteiger partial charge in [0.15, 0.2) is 0 Å². The summed E-state index contributed by atoms with van der Waals surface area (Å²) in [6.07, 6.45) is 5.34. The lowest BCUT2D eigenvalue weighted by atomic mass is 10.1. The van der Waals surface area contributed by atoms with E-state index in [0.717, 1.165) is 5.69 Å². The van der Waals surface area contributed by atoms with Gasteiger partial charge in [0.25, 0.3) is 0 Å². The van der Waals surface area contributed by atoms with Crippen LogP contribution in [0, 0.1) is 22.7 Å². The van der Waals surface area contributed by atoms with Crippen molar-refractivity contribution in [2.24, 2.45) is 0 Å². The van der Waals surface area contributed by atoms with Crippen molar-refractivity contribution < 1.29 is 9.47 Å². The molecule has 2 rings (SSSR count). The van der Waals surface area contributed by atoms with E-state index in [-0.39, 0.29) is 5.57 Å². The van der Waals surface area contributed by atoms with Gasteiger partial charge in [0, 0.05) is 12.4 Å². The Morgan fingerprint density at radius 1 is 1.04 bits per heavy atom. The second-order valence-corrected chi connectivity index (χ2v) is 4.60. The molecule has 0 aliphatic heterocycles. The average molecular weight is 307 g/mol. The van der Waals surface area contributed by atoms with Gasteiger partial charge in [0.05, 0.1) is 13.2 Å². The van der Waals surface area contributed by atoms with Crippen molar-refractivity contribution >= 4 is 6.08 Å². The number of benzene rings is 1. The third kappa shape index (κ3) is 3.72. The van der Waals surface area contributed by atoms with Crippen LogP contribution in [0.3, 0.4) is 0 Å². The van der Waals surface area contributed by atoms with Gasteiger partial charge in [-0.2, -0.15) is 10.5 Å². The van der Waals surface area contributed by atoms with Gasteiger partial charge in [-0.05, 0) is 49.8 Å². The first-order chi connectivity index (χ1) is 11.2. The summed E-state index contributed by atoms with van der Waals surface area (Å²) in [5, 5.41) is 17.9.